The van der Waals surface area contributed by atoms with Gasteiger partial charge in [0, 0.05) is 19.3 Å². The third-order valence-corrected chi connectivity index (χ3v) is 13.0. The lowest BCUT2D eigenvalue weighted by molar-refractivity contribution is -0.167. The molecular weight excluding hydrogens is 865 g/mol. The van der Waals surface area contributed by atoms with Gasteiger partial charge in [0.2, 0.25) is 0 Å². The second-order valence-electron chi connectivity index (χ2n) is 20.0. The van der Waals surface area contributed by atoms with Crippen molar-refractivity contribution in [3.8, 4) is 0 Å². The molecule has 404 valence electrons. The van der Waals surface area contributed by atoms with Crippen LogP contribution in [0.2, 0.25) is 0 Å². The lowest BCUT2D eigenvalue weighted by Gasteiger charge is -2.18. The topological polar surface area (TPSA) is 78.9 Å². The van der Waals surface area contributed by atoms with Crippen LogP contribution in [-0.2, 0) is 28.6 Å². The maximum absolute atomic E-state index is 12.8. The number of esters is 3. The van der Waals surface area contributed by atoms with Crippen LogP contribution < -0.4 is 0 Å². The summed E-state index contributed by atoms with van der Waals surface area (Å²) >= 11 is 0. The third-order valence-electron chi connectivity index (χ3n) is 13.0. The first kappa shape index (κ1) is 66.9. The molecule has 0 fully saturated rings. The van der Waals surface area contributed by atoms with E-state index in [-0.39, 0.29) is 37.5 Å². The molecule has 0 saturated heterocycles. The summed E-state index contributed by atoms with van der Waals surface area (Å²) in [4.78, 5) is 38.2. The van der Waals surface area contributed by atoms with Gasteiger partial charge in [-0.25, -0.2) is 0 Å². The zero-order valence-corrected chi connectivity index (χ0v) is 46.3. The first-order valence-corrected chi connectivity index (χ1v) is 30.0. The van der Waals surface area contributed by atoms with E-state index < -0.39 is 6.10 Å². The minimum absolute atomic E-state index is 0.0998. The van der Waals surface area contributed by atoms with Crippen molar-refractivity contribution >= 4 is 17.9 Å². The predicted molar refractivity (Wildman–Crippen MR) is 302 cm³/mol. The number of unbranched alkanes of at least 4 members (excludes halogenated alkanes) is 33. The molecule has 0 heterocycles. The first-order chi connectivity index (χ1) is 34.5. The van der Waals surface area contributed by atoms with Gasteiger partial charge in [0.15, 0.2) is 6.10 Å². The highest BCUT2D eigenvalue weighted by Crippen LogP contribution is 2.16. The molecule has 0 rings (SSSR count). The fourth-order valence-electron chi connectivity index (χ4n) is 8.46. The smallest absolute Gasteiger partial charge is 0.306 e. The van der Waals surface area contributed by atoms with E-state index in [2.05, 4.69) is 93.7 Å². The van der Waals surface area contributed by atoms with E-state index in [1.807, 2.05) is 0 Å². The van der Waals surface area contributed by atoms with Gasteiger partial charge in [0.25, 0.3) is 0 Å². The van der Waals surface area contributed by atoms with Crippen LogP contribution in [-0.4, -0.2) is 37.2 Å². The number of carbonyl (C=O) groups excluding carboxylic acids is 3. The molecule has 6 nitrogen and oxygen atoms in total. The number of hydrogen-bond donors (Lipinski definition) is 0. The molecule has 6 heteroatoms. The average molecular weight is 978 g/mol. The van der Waals surface area contributed by atoms with Crippen LogP contribution in [0.5, 0.6) is 0 Å². The van der Waals surface area contributed by atoms with E-state index in [0.29, 0.717) is 19.3 Å². The molecule has 70 heavy (non-hydrogen) atoms. The van der Waals surface area contributed by atoms with Crippen molar-refractivity contribution in [1.29, 1.82) is 0 Å². The van der Waals surface area contributed by atoms with Crippen LogP contribution in [0.15, 0.2) is 72.9 Å². The fraction of sp³-hybridized carbons (Fsp3) is 0.766. The molecule has 0 spiro atoms. The van der Waals surface area contributed by atoms with E-state index in [1.165, 1.54) is 167 Å². The van der Waals surface area contributed by atoms with E-state index in [4.69, 9.17) is 14.2 Å². The van der Waals surface area contributed by atoms with Crippen molar-refractivity contribution in [2.75, 3.05) is 13.2 Å². The van der Waals surface area contributed by atoms with Crippen molar-refractivity contribution in [2.45, 2.75) is 303 Å². The second kappa shape index (κ2) is 58.4. The Morgan fingerprint density at radius 2 is 0.586 bits per heavy atom. The van der Waals surface area contributed by atoms with Crippen LogP contribution in [0.25, 0.3) is 0 Å². The zero-order valence-electron chi connectivity index (χ0n) is 46.3. The summed E-state index contributed by atoms with van der Waals surface area (Å²) in [6.07, 6.45) is 74.7. The number of hydrogen-bond acceptors (Lipinski definition) is 6. The Morgan fingerprint density at radius 3 is 0.957 bits per heavy atom. The first-order valence-electron chi connectivity index (χ1n) is 30.0. The van der Waals surface area contributed by atoms with Gasteiger partial charge in [-0.3, -0.25) is 14.4 Å². The molecule has 0 aromatic carbocycles. The molecule has 0 aromatic rings. The SMILES string of the molecule is CCCCCCC\C=C/C=C\C=C/CCCCCCCC(=O)OCC(COC(=O)CCCCCCCCCCCCCCCCCCC)OC(=O)CCC/C=C\C/C=C\C/C=C\CCCCCCCC. The number of rotatable bonds is 54. The maximum Gasteiger partial charge on any atom is 0.306 e. The second-order valence-corrected chi connectivity index (χ2v) is 20.0. The van der Waals surface area contributed by atoms with E-state index in [0.717, 1.165) is 83.5 Å². The molecule has 0 saturated carbocycles. The summed E-state index contributed by atoms with van der Waals surface area (Å²) in [6.45, 7) is 6.59. The summed E-state index contributed by atoms with van der Waals surface area (Å²) < 4.78 is 16.8. The van der Waals surface area contributed by atoms with Crippen molar-refractivity contribution in [3.63, 3.8) is 0 Å². The van der Waals surface area contributed by atoms with Gasteiger partial charge in [-0.15, -0.1) is 0 Å². The van der Waals surface area contributed by atoms with Gasteiger partial charge in [0.1, 0.15) is 13.2 Å². The highest BCUT2D eigenvalue weighted by atomic mass is 16.6. The summed E-state index contributed by atoms with van der Waals surface area (Å²) in [5.74, 6) is -0.961. The zero-order chi connectivity index (χ0) is 50.7. The van der Waals surface area contributed by atoms with Gasteiger partial charge in [-0.1, -0.05) is 273 Å². The predicted octanol–water partition coefficient (Wildman–Crippen LogP) is 20.2. The maximum atomic E-state index is 12.8. The minimum atomic E-state index is -0.810. The van der Waals surface area contributed by atoms with Crippen LogP contribution in [0.3, 0.4) is 0 Å². The molecule has 0 radical (unpaired) electrons. The summed E-state index contributed by atoms with van der Waals surface area (Å²) in [5, 5.41) is 0. The molecular formula is C64H112O6. The lowest BCUT2D eigenvalue weighted by atomic mass is 10.0. The van der Waals surface area contributed by atoms with E-state index in [1.54, 1.807) is 0 Å². The molecule has 0 aromatic heterocycles. The van der Waals surface area contributed by atoms with Crippen molar-refractivity contribution in [3.05, 3.63) is 72.9 Å². The molecule has 0 aliphatic carbocycles. The Hall–Kier alpha value is -3.15. The van der Waals surface area contributed by atoms with Crippen LogP contribution in [0.4, 0.5) is 0 Å². The monoisotopic (exact) mass is 977 g/mol. The Kier molecular flexibility index (Phi) is 55.8. The lowest BCUT2D eigenvalue weighted by Crippen LogP contribution is -2.30. The quantitative estimate of drug-likeness (QED) is 0.0199. The Bertz CT molecular complexity index is 1310. The summed E-state index contributed by atoms with van der Waals surface area (Å²) in [5.41, 5.74) is 0. The average Bonchev–Trinajstić information content (AvgIpc) is 3.36. The Balaban J connectivity index is 4.47. The van der Waals surface area contributed by atoms with Crippen LogP contribution in [0, 0.1) is 0 Å². The molecule has 0 bridgehead atoms. The van der Waals surface area contributed by atoms with Gasteiger partial charge < -0.3 is 14.2 Å². The van der Waals surface area contributed by atoms with Crippen LogP contribution in [0.1, 0.15) is 297 Å². The molecule has 0 amide bonds. The summed E-state index contributed by atoms with van der Waals surface area (Å²) in [6, 6.07) is 0. The van der Waals surface area contributed by atoms with Gasteiger partial charge >= 0.3 is 17.9 Å². The van der Waals surface area contributed by atoms with E-state index >= 15 is 0 Å². The van der Waals surface area contributed by atoms with Gasteiger partial charge in [0.05, 0.1) is 0 Å². The minimum Gasteiger partial charge on any atom is -0.462 e. The number of ether oxygens (including phenoxy) is 3. The van der Waals surface area contributed by atoms with Crippen molar-refractivity contribution < 1.29 is 28.6 Å². The highest BCUT2D eigenvalue weighted by molar-refractivity contribution is 5.71. The molecule has 1 unspecified atom stereocenters. The Labute approximate surface area is 433 Å². The van der Waals surface area contributed by atoms with Crippen molar-refractivity contribution in [2.24, 2.45) is 0 Å². The largest absolute Gasteiger partial charge is 0.462 e. The summed E-state index contributed by atoms with van der Waals surface area (Å²) in [7, 11) is 0. The number of carbonyl (C=O) groups is 3. The normalized spacial score (nSPS) is 12.6. The van der Waals surface area contributed by atoms with Crippen LogP contribution >= 0.6 is 0 Å². The van der Waals surface area contributed by atoms with Gasteiger partial charge in [-0.05, 0) is 77.0 Å². The van der Waals surface area contributed by atoms with E-state index in [9.17, 15) is 14.4 Å². The fourth-order valence-corrected chi connectivity index (χ4v) is 8.46. The van der Waals surface area contributed by atoms with Crippen molar-refractivity contribution in [1.82, 2.24) is 0 Å². The Morgan fingerprint density at radius 1 is 0.300 bits per heavy atom. The molecule has 0 aliphatic heterocycles. The van der Waals surface area contributed by atoms with Gasteiger partial charge in [-0.2, -0.15) is 0 Å². The standard InChI is InChI=1S/C64H112O6/c1-4-7-10-13-16-19-22-25-28-31-34-36-39-42-45-48-51-54-57-63(66)69-60-61(70-64(67)58-55-52-49-46-43-40-37-33-30-27-24-21-18-15-12-9-6-3)59-68-62(65)56-53-50-47-44-41-38-35-32-29-26-23-20-17-14-11-8-5-2/h22,25,27-28,30-31,34,36-37,40,46,49,61H,4-21,23-24,26,29,32-33,35,38-39,41-45,47-48,50-60H2,1-3H3/b25-22-,30-27-,31-28-,36-34-,40-37-,49-46-. The number of allylic oxidation sites excluding steroid dienone is 12. The highest BCUT2D eigenvalue weighted by Gasteiger charge is 2.19. The molecule has 0 N–H and O–H groups in total. The molecule has 0 aliphatic rings. The molecule has 1 atom stereocenters. The third kappa shape index (κ3) is 55.8.